The number of nitrogens with zero attached hydrogens (tertiary/aromatic N) is 3. The Morgan fingerprint density at radius 3 is 2.59 bits per heavy atom. The molecule has 0 aromatic carbocycles. The van der Waals surface area contributed by atoms with E-state index in [1.54, 1.807) is 38.7 Å². The number of allylic oxidation sites excluding steroid dienone is 3. The van der Waals surface area contributed by atoms with E-state index < -0.39 is 58.6 Å². The van der Waals surface area contributed by atoms with Crippen LogP contribution >= 0.6 is 0 Å². The number of carbonyl (C=O) groups excluding carboxylic acids is 3. The van der Waals surface area contributed by atoms with E-state index in [1.165, 1.54) is 12.1 Å². The summed E-state index contributed by atoms with van der Waals surface area (Å²) in [6.45, 7) is 10.5. The van der Waals surface area contributed by atoms with Crippen LogP contribution in [0.15, 0.2) is 46.0 Å². The number of ether oxygens (including phenoxy) is 4. The number of nitrogens with one attached hydrogen (secondary N) is 1. The van der Waals surface area contributed by atoms with E-state index in [4.69, 9.17) is 23.5 Å². The Kier molecular flexibility index (Phi) is 8.35. The molecule has 44 heavy (non-hydrogen) atoms. The van der Waals surface area contributed by atoms with Gasteiger partial charge in [0.05, 0.1) is 30.4 Å². The van der Waals surface area contributed by atoms with Crippen LogP contribution in [0.4, 0.5) is 24.3 Å². The molecule has 0 spiro atoms. The van der Waals surface area contributed by atoms with E-state index in [0.29, 0.717) is 11.3 Å². The van der Waals surface area contributed by atoms with E-state index in [0.717, 1.165) is 11.0 Å². The van der Waals surface area contributed by atoms with Crippen molar-refractivity contribution in [3.63, 3.8) is 0 Å². The number of aromatic nitrogens is 1. The Balaban J connectivity index is 1.52. The van der Waals surface area contributed by atoms with E-state index in [9.17, 15) is 14.4 Å². The first-order chi connectivity index (χ1) is 20.6. The number of aryl methyl sites for hydroxylation is 1. The molecule has 1 aromatic rings. The lowest BCUT2D eigenvalue weighted by molar-refractivity contribution is -0.144. The van der Waals surface area contributed by atoms with E-state index in [1.807, 2.05) is 13.8 Å². The number of carbonyl (C=O) groups is 3. The lowest BCUT2D eigenvalue weighted by Crippen LogP contribution is -2.57. The molecule has 4 heterocycles. The topological polar surface area (TPSA) is 133 Å². The Hall–Kier alpha value is -3.78. The first-order valence-corrected chi connectivity index (χ1v) is 14.5. The molecule has 12 nitrogen and oxygen atoms in total. The maximum atomic E-state index is 15.2. The largest absolute Gasteiger partial charge is 0.443 e. The zero-order valence-electron chi connectivity index (χ0n) is 25.6. The van der Waals surface area contributed by atoms with Gasteiger partial charge in [0.1, 0.15) is 30.2 Å². The van der Waals surface area contributed by atoms with Crippen LogP contribution in [-0.2, 0) is 23.7 Å². The molecule has 3 amide bonds. The van der Waals surface area contributed by atoms with E-state index in [2.05, 4.69) is 10.5 Å². The molecule has 14 heteroatoms. The lowest BCUT2D eigenvalue weighted by atomic mass is 9.64. The molecular weight excluding hydrogens is 582 g/mol. The number of alkyl carbamates (subject to hydrolysis) is 1. The van der Waals surface area contributed by atoms with Gasteiger partial charge in [-0.2, -0.15) is 0 Å². The maximum Gasteiger partial charge on any atom is 0.417 e. The molecule has 1 N–H and O–H groups in total. The van der Waals surface area contributed by atoms with E-state index >= 15 is 8.78 Å². The van der Waals surface area contributed by atoms with Gasteiger partial charge >= 0.3 is 12.2 Å². The highest BCUT2D eigenvalue weighted by atomic mass is 19.1. The summed E-state index contributed by atoms with van der Waals surface area (Å²) in [4.78, 5) is 42.2. The summed E-state index contributed by atoms with van der Waals surface area (Å²) in [7, 11) is 0. The molecule has 5 rings (SSSR count). The molecule has 0 radical (unpaired) electrons. The van der Waals surface area contributed by atoms with Crippen LogP contribution in [0.1, 0.15) is 53.2 Å². The Morgan fingerprint density at radius 1 is 1.25 bits per heavy atom. The summed E-state index contributed by atoms with van der Waals surface area (Å²) >= 11 is 0. The van der Waals surface area contributed by atoms with Gasteiger partial charge in [-0.05, 0) is 54.0 Å². The van der Waals surface area contributed by atoms with Crippen molar-refractivity contribution >= 4 is 24.0 Å². The fourth-order valence-electron chi connectivity index (χ4n) is 6.22. The number of hydrogen-bond acceptors (Lipinski definition) is 9. The average molecular weight is 621 g/mol. The molecule has 0 saturated carbocycles. The van der Waals surface area contributed by atoms with Gasteiger partial charge in [0, 0.05) is 30.5 Å². The molecule has 1 aliphatic carbocycles. The molecular formula is C30H38F2N4O8. The molecule has 1 aromatic heterocycles. The highest BCUT2D eigenvalue weighted by molar-refractivity contribution is 5.86. The average Bonchev–Trinajstić information content (AvgIpc) is 3.66. The van der Waals surface area contributed by atoms with Crippen molar-refractivity contribution in [1.29, 1.82) is 0 Å². The minimum Gasteiger partial charge on any atom is -0.443 e. The van der Waals surface area contributed by atoms with Crippen molar-refractivity contribution in [2.45, 2.75) is 83.8 Å². The molecule has 4 atom stereocenters. The molecule has 3 aliphatic heterocycles. The minimum atomic E-state index is -1.43. The summed E-state index contributed by atoms with van der Waals surface area (Å²) < 4.78 is 57.6. The summed E-state index contributed by atoms with van der Waals surface area (Å²) in [6.07, 6.45) is 0.421. The third-order valence-electron chi connectivity index (χ3n) is 8.06. The van der Waals surface area contributed by atoms with Crippen LogP contribution in [0, 0.1) is 12.3 Å². The minimum absolute atomic E-state index is 0.0290. The summed E-state index contributed by atoms with van der Waals surface area (Å²) in [5, 5.41) is 6.62. The van der Waals surface area contributed by atoms with Crippen LogP contribution in [0.5, 0.6) is 0 Å². The molecule has 240 valence electrons. The predicted molar refractivity (Wildman–Crippen MR) is 152 cm³/mol. The Labute approximate surface area is 253 Å². The SMILES string of the molecule is Cc1cc(N(C[C@H]2OC(=O)NC2C2(C3=CC(C)(C)N(C(=O)[C@@H]4COCO4)CC3)C=C(F)C=C(F)C2)C(=O)OC(C)(C)C)on1. The summed E-state index contributed by atoms with van der Waals surface area (Å²) in [5.41, 5.74) is -2.08. The van der Waals surface area contributed by atoms with Crippen LogP contribution in [0.25, 0.3) is 0 Å². The zero-order chi connectivity index (χ0) is 32.0. The first kappa shape index (κ1) is 31.6. The third-order valence-corrected chi connectivity index (χ3v) is 8.06. The third kappa shape index (κ3) is 6.36. The van der Waals surface area contributed by atoms with Crippen LogP contribution in [0.2, 0.25) is 0 Å². The predicted octanol–water partition coefficient (Wildman–Crippen LogP) is 4.61. The van der Waals surface area contributed by atoms with Crippen molar-refractivity contribution in [2.24, 2.45) is 5.41 Å². The van der Waals surface area contributed by atoms with Gasteiger partial charge < -0.3 is 33.7 Å². The van der Waals surface area contributed by atoms with Gasteiger partial charge in [-0.3, -0.25) is 4.79 Å². The number of amides is 3. The highest BCUT2D eigenvalue weighted by Gasteiger charge is 2.54. The van der Waals surface area contributed by atoms with Crippen LogP contribution in [-0.4, -0.2) is 84.0 Å². The van der Waals surface area contributed by atoms with Crippen LogP contribution < -0.4 is 10.2 Å². The fraction of sp³-hybridized carbons (Fsp3) is 0.600. The van der Waals surface area contributed by atoms with Crippen molar-refractivity contribution < 1.29 is 46.6 Å². The maximum absolute atomic E-state index is 15.2. The normalized spacial score (nSPS) is 28.5. The zero-order valence-corrected chi connectivity index (χ0v) is 25.6. The Bertz CT molecular complexity index is 1410. The molecule has 4 aliphatic rings. The summed E-state index contributed by atoms with van der Waals surface area (Å²) in [6, 6.07) is 0.503. The molecule has 2 unspecified atom stereocenters. The van der Waals surface area contributed by atoms with Crippen molar-refractivity contribution in [2.75, 3.05) is 31.4 Å². The second-order valence-electron chi connectivity index (χ2n) is 13.0. The molecule has 2 fully saturated rings. The second-order valence-corrected chi connectivity index (χ2v) is 13.0. The van der Waals surface area contributed by atoms with Crippen molar-refractivity contribution in [3.8, 4) is 0 Å². The van der Waals surface area contributed by atoms with E-state index in [-0.39, 0.29) is 51.1 Å². The second kappa shape index (κ2) is 11.6. The quantitative estimate of drug-likeness (QED) is 0.453. The fourth-order valence-corrected chi connectivity index (χ4v) is 6.22. The van der Waals surface area contributed by atoms with Gasteiger partial charge in [-0.1, -0.05) is 16.8 Å². The van der Waals surface area contributed by atoms with Gasteiger partial charge in [-0.15, -0.1) is 0 Å². The van der Waals surface area contributed by atoms with Gasteiger partial charge in [-0.25, -0.2) is 23.3 Å². The number of anilines is 1. The van der Waals surface area contributed by atoms with Gasteiger partial charge in [0.25, 0.3) is 5.91 Å². The van der Waals surface area contributed by atoms with Crippen LogP contribution in [0.3, 0.4) is 0 Å². The first-order valence-electron chi connectivity index (χ1n) is 14.5. The number of rotatable bonds is 6. The van der Waals surface area contributed by atoms with Gasteiger partial charge in [0.15, 0.2) is 6.10 Å². The molecule has 2 saturated heterocycles. The smallest absolute Gasteiger partial charge is 0.417 e. The molecule has 0 bridgehead atoms. The number of hydrogen-bond donors (Lipinski definition) is 1. The summed E-state index contributed by atoms with van der Waals surface area (Å²) in [5.74, 6) is -1.75. The highest BCUT2D eigenvalue weighted by Crippen LogP contribution is 2.50. The van der Waals surface area contributed by atoms with Crippen molar-refractivity contribution in [1.82, 2.24) is 15.4 Å². The van der Waals surface area contributed by atoms with Gasteiger partial charge in [0.2, 0.25) is 5.88 Å². The van der Waals surface area contributed by atoms with Crippen molar-refractivity contribution in [3.05, 3.63) is 47.2 Å². The number of halogens is 2. The Morgan fingerprint density at radius 2 is 2.00 bits per heavy atom. The standard InChI is InChI=1S/C30H38F2N4O8/c1-17-9-23(44-34-17)35(27(39)43-28(2,3)4)14-21-24(33-26(38)42-21)30(12-19(31)10-20(32)13-30)18-7-8-36(29(5,6)11-18)25(37)22-15-40-16-41-22/h9-12,21-22,24H,7-8,13-16H2,1-6H3,(H,33,38)/t21-,22+,24?,30?/m1/s1. The number of cyclic esters (lactones) is 1. The lowest BCUT2D eigenvalue weighted by Gasteiger charge is -2.48. The monoisotopic (exact) mass is 620 g/mol.